The summed E-state index contributed by atoms with van der Waals surface area (Å²) in [5.74, 6) is -2.08. The van der Waals surface area contributed by atoms with Crippen molar-refractivity contribution in [2.24, 2.45) is 0 Å². The van der Waals surface area contributed by atoms with Gasteiger partial charge in [0.1, 0.15) is 0 Å². The molecule has 7 rings (SSSR count). The number of rotatable bonds is 5. The Labute approximate surface area is 238 Å². The van der Waals surface area contributed by atoms with Crippen LogP contribution < -0.4 is 10.5 Å². The molecule has 4 aromatic rings. The second-order valence-corrected chi connectivity index (χ2v) is 12.2. The highest BCUT2D eigenvalue weighted by Gasteiger charge is 2.72. The predicted octanol–water partition coefficient (Wildman–Crippen LogP) is 3.78. The Hall–Kier alpha value is -4.26. The number of aromatic nitrogens is 5. The van der Waals surface area contributed by atoms with Crippen molar-refractivity contribution in [3.63, 3.8) is 0 Å². The van der Waals surface area contributed by atoms with E-state index in [0.29, 0.717) is 42.1 Å². The van der Waals surface area contributed by atoms with Crippen LogP contribution in [0.4, 0.5) is 32.2 Å². The van der Waals surface area contributed by atoms with Gasteiger partial charge in [0, 0.05) is 17.3 Å². The van der Waals surface area contributed by atoms with E-state index in [1.54, 1.807) is 19.9 Å². The molecule has 43 heavy (non-hydrogen) atoms. The van der Waals surface area contributed by atoms with Crippen molar-refractivity contribution in [2.45, 2.75) is 61.3 Å². The fourth-order valence-corrected chi connectivity index (χ4v) is 6.80. The molecule has 2 bridgehead atoms. The largest absolute Gasteiger partial charge is 0.490 e. The molecule has 0 spiro atoms. The molecule has 1 aromatic carbocycles. The Kier molecular flexibility index (Phi) is 6.76. The van der Waals surface area contributed by atoms with Gasteiger partial charge in [0.15, 0.2) is 23.0 Å². The Morgan fingerprint density at radius 2 is 1.74 bits per heavy atom. The quantitative estimate of drug-likeness (QED) is 0.274. The molecule has 3 aliphatic rings. The number of fused-ring (bicyclic) bond motifs is 1. The van der Waals surface area contributed by atoms with Crippen LogP contribution in [0, 0.1) is 13.8 Å². The molecule has 0 saturated heterocycles. The smallest absolute Gasteiger partial charge is 0.475 e. The van der Waals surface area contributed by atoms with Crippen LogP contribution in [0.5, 0.6) is 0 Å². The average molecular weight is 634 g/mol. The summed E-state index contributed by atoms with van der Waals surface area (Å²) in [4.78, 5) is 20.7. The van der Waals surface area contributed by atoms with Crippen molar-refractivity contribution in [3.05, 3.63) is 53.6 Å². The van der Waals surface area contributed by atoms with Crippen LogP contribution in [-0.2, 0) is 26.4 Å². The number of halogens is 6. The number of nitrogens with two attached hydrogens (primary N) is 1. The van der Waals surface area contributed by atoms with Gasteiger partial charge in [0.05, 0.1) is 22.2 Å². The summed E-state index contributed by atoms with van der Waals surface area (Å²) in [7, 11) is -3.93. The van der Waals surface area contributed by atoms with Crippen molar-refractivity contribution < 1.29 is 49.2 Å². The van der Waals surface area contributed by atoms with Gasteiger partial charge in [-0.25, -0.2) is 27.9 Å². The minimum Gasteiger partial charge on any atom is -0.475 e. The summed E-state index contributed by atoms with van der Waals surface area (Å²) >= 11 is 0. The van der Waals surface area contributed by atoms with Crippen molar-refractivity contribution in [3.8, 4) is 11.3 Å². The molecule has 3 fully saturated rings. The second kappa shape index (κ2) is 9.63. The van der Waals surface area contributed by atoms with Crippen LogP contribution in [-0.4, -0.2) is 55.7 Å². The Bertz CT molecular complexity index is 1850. The molecule has 0 atom stereocenters. The number of carbonyl (C=O) groups is 1. The number of benzene rings is 1. The van der Waals surface area contributed by atoms with Gasteiger partial charge in [0.25, 0.3) is 0 Å². The van der Waals surface area contributed by atoms with Gasteiger partial charge in [-0.05, 0) is 50.8 Å². The van der Waals surface area contributed by atoms with E-state index < -0.39 is 39.6 Å². The number of nitrogen functional groups attached to an aromatic ring is 1. The monoisotopic (exact) mass is 633 g/mol. The fourth-order valence-electron chi connectivity index (χ4n) is 5.37. The minimum absolute atomic E-state index is 0.0106. The van der Waals surface area contributed by atoms with E-state index in [-0.39, 0.29) is 27.5 Å². The number of sulfonamides is 1. The third-order valence-electron chi connectivity index (χ3n) is 7.21. The molecule has 0 unspecified atom stereocenters. The van der Waals surface area contributed by atoms with Gasteiger partial charge in [0.2, 0.25) is 15.9 Å². The molecule has 3 heterocycles. The molecule has 3 aromatic heterocycles. The number of aryl methyl sites for hydroxylation is 2. The van der Waals surface area contributed by atoms with Crippen LogP contribution in [0.1, 0.15) is 42.2 Å². The number of nitrogens with zero attached hydrogens (tertiary/aromatic N) is 5. The van der Waals surface area contributed by atoms with Gasteiger partial charge in [-0.3, -0.25) is 4.40 Å². The molecule has 19 heteroatoms. The van der Waals surface area contributed by atoms with Gasteiger partial charge in [-0.15, -0.1) is 0 Å². The van der Waals surface area contributed by atoms with Gasteiger partial charge >= 0.3 is 18.3 Å². The van der Waals surface area contributed by atoms with Crippen LogP contribution in [0.3, 0.4) is 0 Å². The van der Waals surface area contributed by atoms with E-state index >= 15 is 0 Å². The summed E-state index contributed by atoms with van der Waals surface area (Å²) in [6, 6.07) is 4.49. The summed E-state index contributed by atoms with van der Waals surface area (Å²) in [6.45, 7) is 3.45. The molecular weight excluding hydrogens is 612 g/mol. The van der Waals surface area contributed by atoms with E-state index in [9.17, 15) is 34.8 Å². The van der Waals surface area contributed by atoms with Crippen LogP contribution >= 0.6 is 0 Å². The first-order valence-corrected chi connectivity index (χ1v) is 13.7. The third-order valence-corrected chi connectivity index (χ3v) is 8.79. The number of carboxylic acid groups (broad SMARTS) is 1. The zero-order valence-electron chi connectivity index (χ0n) is 22.1. The fraction of sp³-hybridized carbons (Fsp3) is 0.375. The molecule has 0 aliphatic heterocycles. The van der Waals surface area contributed by atoms with Crippen molar-refractivity contribution >= 4 is 27.5 Å². The van der Waals surface area contributed by atoms with Crippen LogP contribution in [0.25, 0.3) is 16.9 Å². The van der Waals surface area contributed by atoms with Crippen LogP contribution in [0.15, 0.2) is 40.0 Å². The lowest BCUT2D eigenvalue weighted by molar-refractivity contribution is -0.192. The Morgan fingerprint density at radius 1 is 1.12 bits per heavy atom. The summed E-state index contributed by atoms with van der Waals surface area (Å²) in [5.41, 5.74) is 5.02. The topological polar surface area (TPSA) is 179 Å². The minimum atomic E-state index is -5.08. The number of hydrogen-bond donors (Lipinski definition) is 3. The number of hydrogen-bond acceptors (Lipinski definition) is 9. The maximum Gasteiger partial charge on any atom is 0.490 e. The van der Waals surface area contributed by atoms with Gasteiger partial charge in [-0.2, -0.15) is 31.3 Å². The molecule has 230 valence electrons. The second-order valence-electron chi connectivity index (χ2n) is 10.5. The first-order valence-electron chi connectivity index (χ1n) is 12.2. The number of aliphatic carboxylic acids is 1. The molecule has 12 nitrogen and oxygen atoms in total. The highest BCUT2D eigenvalue weighted by molar-refractivity contribution is 7.89. The summed E-state index contributed by atoms with van der Waals surface area (Å²) in [6.07, 6.45) is -5.99. The van der Waals surface area contributed by atoms with Crippen molar-refractivity contribution in [1.29, 1.82) is 0 Å². The van der Waals surface area contributed by atoms with E-state index in [2.05, 4.69) is 24.8 Å². The lowest BCUT2D eigenvalue weighted by Gasteiger charge is -2.68. The lowest BCUT2D eigenvalue weighted by Crippen LogP contribution is -2.76. The standard InChI is InChI=1S/C22H20F3N7O3S.C2HF3O2/c1-11-3-4-13(36(33,34)31-21-8-20(9-21,10-21)19-28-12(2)30-35-19)5-14(11)15-6-27-18-17(26)29-16(7-32(15)18)22(23,24)25;3-2(4,5)1(6)7/h3-7,31H,8-10H2,1-2H3,(H2,26,29);(H,6,7). The van der Waals surface area contributed by atoms with Crippen molar-refractivity contribution in [1.82, 2.24) is 29.2 Å². The molecule has 3 aliphatic carbocycles. The number of carboxylic acids is 1. The maximum absolute atomic E-state index is 13.3. The predicted molar refractivity (Wildman–Crippen MR) is 134 cm³/mol. The van der Waals surface area contributed by atoms with E-state index in [1.165, 1.54) is 22.7 Å². The zero-order valence-corrected chi connectivity index (χ0v) is 22.9. The Balaban J connectivity index is 0.000000472. The normalized spacial score (nSPS) is 21.5. The highest BCUT2D eigenvalue weighted by Crippen LogP contribution is 2.67. The first kappa shape index (κ1) is 30.2. The number of alkyl halides is 6. The molecule has 0 amide bonds. The molecule has 3 saturated carbocycles. The van der Waals surface area contributed by atoms with E-state index in [1.807, 2.05) is 0 Å². The number of nitrogens with one attached hydrogen (secondary N) is 1. The SMILES string of the molecule is Cc1noc(C23CC(NS(=O)(=O)c4ccc(C)c(-c5cnc6c(N)nc(C(F)(F)F)cn56)c4)(C2)C3)n1.O=C(O)C(F)(F)F. The number of imidazole rings is 1. The maximum atomic E-state index is 13.3. The lowest BCUT2D eigenvalue weighted by atomic mass is 9.40. The number of anilines is 1. The summed E-state index contributed by atoms with van der Waals surface area (Å²) < 4.78 is 108. The van der Waals surface area contributed by atoms with E-state index in [0.717, 1.165) is 6.20 Å². The highest BCUT2D eigenvalue weighted by atomic mass is 32.2. The average Bonchev–Trinajstić information content (AvgIpc) is 3.46. The van der Waals surface area contributed by atoms with Crippen molar-refractivity contribution in [2.75, 3.05) is 5.73 Å². The Morgan fingerprint density at radius 3 is 2.28 bits per heavy atom. The van der Waals surface area contributed by atoms with Gasteiger partial charge in [-0.1, -0.05) is 11.2 Å². The third kappa shape index (κ3) is 5.37. The molecule has 4 N–H and O–H groups in total. The van der Waals surface area contributed by atoms with Crippen LogP contribution in [0.2, 0.25) is 0 Å². The first-order chi connectivity index (χ1) is 19.8. The van der Waals surface area contributed by atoms with Gasteiger partial charge < -0.3 is 15.4 Å². The summed E-state index contributed by atoms with van der Waals surface area (Å²) in [5, 5.41) is 10.9. The molecular formula is C24H21F6N7O5S. The zero-order chi connectivity index (χ0) is 31.8. The van der Waals surface area contributed by atoms with E-state index in [4.69, 9.17) is 20.2 Å². The molecule has 0 radical (unpaired) electrons.